The second-order valence-corrected chi connectivity index (χ2v) is 4.08. The zero-order chi connectivity index (χ0) is 12.1. The normalized spacial score (nSPS) is 10.8. The van der Waals surface area contributed by atoms with Crippen molar-refractivity contribution < 1.29 is 0 Å². The van der Waals surface area contributed by atoms with Crippen molar-refractivity contribution in [2.24, 2.45) is 5.73 Å². The highest BCUT2D eigenvalue weighted by atomic mass is 15.3. The lowest BCUT2D eigenvalue weighted by Gasteiger charge is -2.28. The van der Waals surface area contributed by atoms with E-state index >= 15 is 0 Å². The second-order valence-electron chi connectivity index (χ2n) is 4.08. The van der Waals surface area contributed by atoms with Gasteiger partial charge < -0.3 is 15.2 Å². The molecule has 0 atom stereocenters. The molecule has 0 unspecified atom stereocenters. The maximum Gasteiger partial charge on any atom is 0.205 e. The number of aryl methyl sites for hydroxylation is 1. The van der Waals surface area contributed by atoms with E-state index in [1.54, 1.807) is 0 Å². The Balaban J connectivity index is 2.81. The molecular formula is C11H21N5. The van der Waals surface area contributed by atoms with Crippen LogP contribution in [0.4, 0.5) is 5.95 Å². The van der Waals surface area contributed by atoms with Gasteiger partial charge >= 0.3 is 0 Å². The molecule has 0 saturated heterocycles. The summed E-state index contributed by atoms with van der Waals surface area (Å²) in [5.74, 6) is 1.18. The highest BCUT2D eigenvalue weighted by Crippen LogP contribution is 2.15. The number of anilines is 1. The number of rotatable bonds is 6. The van der Waals surface area contributed by atoms with Gasteiger partial charge in [-0.1, -0.05) is 0 Å². The first-order chi connectivity index (χ1) is 7.56. The Bertz CT molecular complexity index is 342. The number of amidine groups is 1. The van der Waals surface area contributed by atoms with Crippen LogP contribution in [0.3, 0.4) is 0 Å². The Hall–Kier alpha value is -1.52. The molecule has 1 aromatic heterocycles. The van der Waals surface area contributed by atoms with Crippen LogP contribution in [-0.2, 0) is 6.54 Å². The van der Waals surface area contributed by atoms with E-state index in [4.69, 9.17) is 11.1 Å². The average molecular weight is 223 g/mol. The van der Waals surface area contributed by atoms with Gasteiger partial charge in [0.05, 0.1) is 5.84 Å². The van der Waals surface area contributed by atoms with Crippen molar-refractivity contribution in [3.63, 3.8) is 0 Å². The molecule has 0 aromatic carbocycles. The van der Waals surface area contributed by atoms with E-state index in [9.17, 15) is 0 Å². The lowest BCUT2D eigenvalue weighted by atomic mass is 10.3. The standard InChI is InChI=1S/C11H21N5/c1-4-15-8-6-14-11(15)16(9(2)3)7-5-10(12)13/h6,8-9H,4-5,7H2,1-3H3,(H3,12,13). The van der Waals surface area contributed by atoms with E-state index < -0.39 is 0 Å². The van der Waals surface area contributed by atoms with Gasteiger partial charge in [0.15, 0.2) is 0 Å². The van der Waals surface area contributed by atoms with Crippen LogP contribution in [0.15, 0.2) is 12.4 Å². The van der Waals surface area contributed by atoms with Crippen molar-refractivity contribution in [3.05, 3.63) is 12.4 Å². The zero-order valence-corrected chi connectivity index (χ0v) is 10.3. The van der Waals surface area contributed by atoms with Gasteiger partial charge in [-0.15, -0.1) is 0 Å². The topological polar surface area (TPSA) is 70.9 Å². The summed E-state index contributed by atoms with van der Waals surface area (Å²) in [5.41, 5.74) is 5.39. The maximum absolute atomic E-state index is 7.28. The number of nitrogens with one attached hydrogen (secondary N) is 1. The maximum atomic E-state index is 7.28. The van der Waals surface area contributed by atoms with Gasteiger partial charge in [0, 0.05) is 37.9 Å². The number of aromatic nitrogens is 2. The molecule has 5 nitrogen and oxygen atoms in total. The van der Waals surface area contributed by atoms with Gasteiger partial charge in [0.1, 0.15) is 0 Å². The van der Waals surface area contributed by atoms with E-state index in [2.05, 4.69) is 35.2 Å². The predicted molar refractivity (Wildman–Crippen MR) is 66.9 cm³/mol. The van der Waals surface area contributed by atoms with E-state index in [1.165, 1.54) is 0 Å². The van der Waals surface area contributed by atoms with Crippen LogP contribution >= 0.6 is 0 Å². The van der Waals surface area contributed by atoms with Crippen LogP contribution in [0.5, 0.6) is 0 Å². The van der Waals surface area contributed by atoms with Gasteiger partial charge in [-0.25, -0.2) is 4.98 Å². The SMILES string of the molecule is CCn1ccnc1N(CCC(=N)N)C(C)C. The fourth-order valence-corrected chi connectivity index (χ4v) is 1.64. The minimum absolute atomic E-state index is 0.222. The van der Waals surface area contributed by atoms with Crippen molar-refractivity contribution in [1.29, 1.82) is 5.41 Å². The molecule has 0 saturated carbocycles. The van der Waals surface area contributed by atoms with Gasteiger partial charge in [-0.3, -0.25) is 5.41 Å². The molecule has 0 spiro atoms. The Morgan fingerprint density at radius 1 is 1.62 bits per heavy atom. The predicted octanol–water partition coefficient (Wildman–Crippen LogP) is 1.44. The molecular weight excluding hydrogens is 202 g/mol. The molecule has 0 aliphatic carbocycles. The van der Waals surface area contributed by atoms with Crippen molar-refractivity contribution in [3.8, 4) is 0 Å². The molecule has 0 amide bonds. The van der Waals surface area contributed by atoms with Crippen molar-refractivity contribution in [1.82, 2.24) is 9.55 Å². The summed E-state index contributed by atoms with van der Waals surface area (Å²) in [6.07, 6.45) is 4.36. The van der Waals surface area contributed by atoms with Crippen LogP contribution in [0, 0.1) is 5.41 Å². The third-order valence-corrected chi connectivity index (χ3v) is 2.54. The van der Waals surface area contributed by atoms with E-state index in [0.29, 0.717) is 12.5 Å². The summed E-state index contributed by atoms with van der Waals surface area (Å²) < 4.78 is 2.10. The Morgan fingerprint density at radius 2 is 2.31 bits per heavy atom. The summed E-state index contributed by atoms with van der Waals surface area (Å²) in [6, 6.07) is 0.354. The summed E-state index contributed by atoms with van der Waals surface area (Å²) in [4.78, 5) is 6.54. The molecule has 0 bridgehead atoms. The summed E-state index contributed by atoms with van der Waals surface area (Å²) >= 11 is 0. The first kappa shape index (κ1) is 12.5. The van der Waals surface area contributed by atoms with Gasteiger partial charge in [0.2, 0.25) is 5.95 Å². The van der Waals surface area contributed by atoms with Crippen LogP contribution in [0.2, 0.25) is 0 Å². The number of imidazole rings is 1. The Morgan fingerprint density at radius 3 is 2.81 bits per heavy atom. The quantitative estimate of drug-likeness (QED) is 0.566. The largest absolute Gasteiger partial charge is 0.388 e. The third kappa shape index (κ3) is 2.98. The molecule has 1 heterocycles. The van der Waals surface area contributed by atoms with Crippen LogP contribution in [0.1, 0.15) is 27.2 Å². The lowest BCUT2D eigenvalue weighted by Crippen LogP contribution is -2.35. The monoisotopic (exact) mass is 223 g/mol. The van der Waals surface area contributed by atoms with Gasteiger partial charge in [0.25, 0.3) is 0 Å². The highest BCUT2D eigenvalue weighted by Gasteiger charge is 2.15. The molecule has 0 radical (unpaired) electrons. The molecule has 3 N–H and O–H groups in total. The summed E-state index contributed by atoms with van der Waals surface area (Å²) in [7, 11) is 0. The van der Waals surface area contributed by atoms with Crippen molar-refractivity contribution in [2.75, 3.05) is 11.4 Å². The smallest absolute Gasteiger partial charge is 0.205 e. The van der Waals surface area contributed by atoms with E-state index in [1.807, 2.05) is 12.4 Å². The molecule has 16 heavy (non-hydrogen) atoms. The fourth-order valence-electron chi connectivity index (χ4n) is 1.64. The minimum atomic E-state index is 0.222. The molecule has 1 rings (SSSR count). The van der Waals surface area contributed by atoms with Crippen LogP contribution in [-0.4, -0.2) is 28.0 Å². The minimum Gasteiger partial charge on any atom is -0.388 e. The first-order valence-electron chi connectivity index (χ1n) is 5.67. The van der Waals surface area contributed by atoms with E-state index in [0.717, 1.165) is 19.0 Å². The van der Waals surface area contributed by atoms with Crippen molar-refractivity contribution in [2.45, 2.75) is 39.8 Å². The summed E-state index contributed by atoms with van der Waals surface area (Å²) in [6.45, 7) is 7.97. The van der Waals surface area contributed by atoms with Crippen molar-refractivity contribution >= 4 is 11.8 Å². The lowest BCUT2D eigenvalue weighted by molar-refractivity contribution is 0.633. The summed E-state index contributed by atoms with van der Waals surface area (Å²) in [5, 5.41) is 7.28. The molecule has 0 fully saturated rings. The first-order valence-corrected chi connectivity index (χ1v) is 5.67. The Kier molecular flexibility index (Phi) is 4.34. The third-order valence-electron chi connectivity index (χ3n) is 2.54. The number of hydrogen-bond acceptors (Lipinski definition) is 3. The molecule has 1 aromatic rings. The van der Waals surface area contributed by atoms with Gasteiger partial charge in [-0.05, 0) is 20.8 Å². The fraction of sp³-hybridized carbons (Fsp3) is 0.636. The highest BCUT2D eigenvalue weighted by molar-refractivity contribution is 5.77. The molecule has 0 aliphatic rings. The number of hydrogen-bond donors (Lipinski definition) is 2. The van der Waals surface area contributed by atoms with Crippen LogP contribution < -0.4 is 10.6 Å². The number of nitrogens with two attached hydrogens (primary N) is 1. The zero-order valence-electron chi connectivity index (χ0n) is 10.3. The molecule has 90 valence electrons. The number of nitrogens with zero attached hydrogens (tertiary/aromatic N) is 3. The van der Waals surface area contributed by atoms with Crippen LogP contribution in [0.25, 0.3) is 0 Å². The Labute approximate surface area is 96.8 Å². The van der Waals surface area contributed by atoms with E-state index in [-0.39, 0.29) is 5.84 Å². The molecule has 0 aliphatic heterocycles. The second kappa shape index (κ2) is 5.53. The van der Waals surface area contributed by atoms with Gasteiger partial charge in [-0.2, -0.15) is 0 Å². The average Bonchev–Trinajstić information content (AvgIpc) is 2.65. The molecule has 5 heteroatoms.